The van der Waals surface area contributed by atoms with E-state index in [1.54, 1.807) is 59.0 Å². The van der Waals surface area contributed by atoms with E-state index in [1.807, 2.05) is 7.05 Å². The van der Waals surface area contributed by atoms with Gasteiger partial charge in [0.1, 0.15) is 30.4 Å². The van der Waals surface area contributed by atoms with Gasteiger partial charge in [0.2, 0.25) is 11.8 Å². The van der Waals surface area contributed by atoms with E-state index < -0.39 is 12.4 Å². The molecule has 0 aliphatic carbocycles. The summed E-state index contributed by atoms with van der Waals surface area (Å²) in [6, 6.07) is 8.25. The van der Waals surface area contributed by atoms with Crippen LogP contribution in [0.1, 0.15) is 19.8 Å². The Kier molecular flexibility index (Phi) is 7.56. The van der Waals surface area contributed by atoms with Gasteiger partial charge in [-0.2, -0.15) is 0 Å². The van der Waals surface area contributed by atoms with E-state index in [4.69, 9.17) is 21.1 Å². The average Bonchev–Trinajstić information content (AvgIpc) is 3.42. The number of nitrogens with zero attached hydrogens (tertiary/aromatic N) is 6. The Morgan fingerprint density at radius 3 is 2.74 bits per heavy atom. The van der Waals surface area contributed by atoms with E-state index in [9.17, 15) is 9.90 Å². The number of aliphatic imine (C=N–C) groups is 1. The van der Waals surface area contributed by atoms with Crippen LogP contribution in [0.25, 0.3) is 33.1 Å². The van der Waals surface area contributed by atoms with E-state index >= 15 is 4.39 Å². The number of benzene rings is 2. The summed E-state index contributed by atoms with van der Waals surface area (Å²) in [6.07, 6.45) is 8.13. The summed E-state index contributed by atoms with van der Waals surface area (Å²) in [4.78, 5) is 28.9. The molecular formula is C30H30ClFN6O4. The minimum absolute atomic E-state index is 0.272. The van der Waals surface area contributed by atoms with Crippen LogP contribution in [-0.4, -0.2) is 81.8 Å². The van der Waals surface area contributed by atoms with Crippen molar-refractivity contribution in [3.8, 4) is 16.9 Å². The van der Waals surface area contributed by atoms with E-state index in [0.29, 0.717) is 78.1 Å². The predicted molar refractivity (Wildman–Crippen MR) is 158 cm³/mol. The standard InChI is InChI=1S/C30H30ClFN6O4/c1-30(6-8-37(9-7-30)28(40)15-39)38-17-34-26-14-33-25-13-24(32)21(12-22(25)29(26)38)20-4-3-19(11-23(20)31)42-27-5-10-41-18-36(2)16-35-27/h3-5,11-14,16-17,39H,6-10,15,18H2,1-2H3/b27-5+,35-16-. The Labute approximate surface area is 246 Å². The Morgan fingerprint density at radius 1 is 1.17 bits per heavy atom. The second kappa shape index (κ2) is 11.3. The van der Waals surface area contributed by atoms with Crippen molar-refractivity contribution in [2.75, 3.05) is 40.1 Å². The fourth-order valence-electron chi connectivity index (χ4n) is 5.44. The van der Waals surface area contributed by atoms with Gasteiger partial charge in [-0.15, -0.1) is 0 Å². The molecule has 2 aromatic carbocycles. The average molecular weight is 593 g/mol. The lowest BCUT2D eigenvalue weighted by atomic mass is 9.88. The predicted octanol–water partition coefficient (Wildman–Crippen LogP) is 4.54. The van der Waals surface area contributed by atoms with Gasteiger partial charge in [-0.3, -0.25) is 9.78 Å². The molecule has 2 aliphatic rings. The van der Waals surface area contributed by atoms with Gasteiger partial charge in [0.05, 0.1) is 41.5 Å². The number of piperidine rings is 1. The Bertz CT molecular complexity index is 1730. The summed E-state index contributed by atoms with van der Waals surface area (Å²) < 4.78 is 29.0. The fraction of sp³-hybridized carbons (Fsp3) is 0.333. The molecule has 218 valence electrons. The number of aliphatic hydroxyl groups is 1. The van der Waals surface area contributed by atoms with Crippen LogP contribution in [0.15, 0.2) is 59.8 Å². The molecule has 42 heavy (non-hydrogen) atoms. The first-order valence-corrected chi connectivity index (χ1v) is 14.0. The van der Waals surface area contributed by atoms with Crippen LogP contribution in [-0.2, 0) is 15.1 Å². The van der Waals surface area contributed by atoms with Crippen LogP contribution in [0.5, 0.6) is 5.75 Å². The molecule has 12 heteroatoms. The zero-order valence-electron chi connectivity index (χ0n) is 23.3. The first kappa shape index (κ1) is 28.1. The highest BCUT2D eigenvalue weighted by Gasteiger charge is 2.34. The number of pyridine rings is 1. The number of fused-ring (bicyclic) bond motifs is 3. The molecule has 0 bridgehead atoms. The zero-order valence-corrected chi connectivity index (χ0v) is 24.0. The topological polar surface area (TPSA) is 105 Å². The molecule has 1 fully saturated rings. The fourth-order valence-corrected chi connectivity index (χ4v) is 5.72. The highest BCUT2D eigenvalue weighted by Crippen LogP contribution is 2.39. The number of carbonyl (C=O) groups excluding carboxylic acids is 1. The minimum Gasteiger partial charge on any atom is -0.439 e. The summed E-state index contributed by atoms with van der Waals surface area (Å²) >= 11 is 6.69. The lowest BCUT2D eigenvalue weighted by molar-refractivity contribution is -0.136. The van der Waals surface area contributed by atoms with Crippen molar-refractivity contribution in [3.05, 3.63) is 65.7 Å². The van der Waals surface area contributed by atoms with E-state index in [2.05, 4.69) is 26.5 Å². The minimum atomic E-state index is -0.497. The van der Waals surface area contributed by atoms with Gasteiger partial charge in [0.25, 0.3) is 0 Å². The monoisotopic (exact) mass is 592 g/mol. The van der Waals surface area contributed by atoms with Gasteiger partial charge in [-0.1, -0.05) is 11.6 Å². The summed E-state index contributed by atoms with van der Waals surface area (Å²) in [5.74, 6) is 0.0959. The van der Waals surface area contributed by atoms with Crippen LogP contribution in [0.4, 0.5) is 4.39 Å². The molecule has 1 saturated heterocycles. The lowest BCUT2D eigenvalue weighted by Gasteiger charge is -2.40. The Morgan fingerprint density at radius 2 is 1.98 bits per heavy atom. The molecule has 2 aromatic heterocycles. The SMILES string of the molecule is CN1/C=N\C(Oc2ccc(-c3cc4c(cc3F)ncc3ncn(C5(C)CCN(C(=O)CO)CC5)c34)c(Cl)c2)=C/COC1. The van der Waals surface area contributed by atoms with Crippen molar-refractivity contribution in [1.29, 1.82) is 0 Å². The second-order valence-electron chi connectivity index (χ2n) is 10.8. The van der Waals surface area contributed by atoms with Gasteiger partial charge in [0, 0.05) is 60.4 Å². The third-order valence-electron chi connectivity index (χ3n) is 7.88. The summed E-state index contributed by atoms with van der Waals surface area (Å²) in [7, 11) is 1.84. The molecule has 0 radical (unpaired) electrons. The number of ether oxygens (including phenoxy) is 2. The van der Waals surface area contributed by atoms with Gasteiger partial charge in [-0.05, 0) is 38.0 Å². The lowest BCUT2D eigenvalue weighted by Crippen LogP contribution is -2.47. The molecule has 2 aliphatic heterocycles. The molecule has 1 amide bonds. The third kappa shape index (κ3) is 5.31. The Hall–Kier alpha value is -4.06. The van der Waals surface area contributed by atoms with Crippen molar-refractivity contribution < 1.29 is 23.8 Å². The number of aromatic nitrogens is 3. The van der Waals surface area contributed by atoms with Crippen molar-refractivity contribution in [2.24, 2.45) is 4.99 Å². The molecule has 4 heterocycles. The zero-order chi connectivity index (χ0) is 29.4. The van der Waals surface area contributed by atoms with Crippen molar-refractivity contribution in [1.82, 2.24) is 24.3 Å². The second-order valence-corrected chi connectivity index (χ2v) is 11.2. The number of halogens is 2. The quantitative estimate of drug-likeness (QED) is 0.363. The molecule has 0 saturated carbocycles. The van der Waals surface area contributed by atoms with Crippen molar-refractivity contribution >= 4 is 45.8 Å². The molecule has 0 atom stereocenters. The molecule has 6 rings (SSSR count). The number of imidazole rings is 1. The maximum absolute atomic E-state index is 15.5. The smallest absolute Gasteiger partial charge is 0.248 e. The van der Waals surface area contributed by atoms with Crippen LogP contribution in [0.3, 0.4) is 0 Å². The van der Waals surface area contributed by atoms with E-state index in [0.717, 1.165) is 10.9 Å². The summed E-state index contributed by atoms with van der Waals surface area (Å²) in [5.41, 5.74) is 2.52. The van der Waals surface area contributed by atoms with Crippen LogP contribution in [0.2, 0.25) is 5.02 Å². The molecule has 4 aromatic rings. The largest absolute Gasteiger partial charge is 0.439 e. The van der Waals surface area contributed by atoms with E-state index in [-0.39, 0.29) is 11.4 Å². The number of aliphatic hydroxyl groups excluding tert-OH is 1. The number of hydrogen-bond acceptors (Lipinski definition) is 8. The van der Waals surface area contributed by atoms with Gasteiger partial charge >= 0.3 is 0 Å². The normalized spacial score (nSPS) is 19.3. The number of hydrogen-bond donors (Lipinski definition) is 1. The number of carbonyl (C=O) groups is 1. The molecular weight excluding hydrogens is 563 g/mol. The maximum Gasteiger partial charge on any atom is 0.248 e. The molecule has 1 N–H and O–H groups in total. The number of likely N-dealkylation sites (tertiary alicyclic amines) is 1. The molecule has 0 spiro atoms. The van der Waals surface area contributed by atoms with Crippen LogP contribution in [0, 0.1) is 5.82 Å². The molecule has 0 unspecified atom stereocenters. The number of amides is 1. The van der Waals surface area contributed by atoms with Crippen LogP contribution < -0.4 is 4.74 Å². The third-order valence-corrected chi connectivity index (χ3v) is 8.19. The van der Waals surface area contributed by atoms with Gasteiger partial charge in [0.15, 0.2) is 0 Å². The first-order chi connectivity index (χ1) is 20.3. The summed E-state index contributed by atoms with van der Waals surface area (Å²) in [5, 5.41) is 10.3. The van der Waals surface area contributed by atoms with E-state index in [1.165, 1.54) is 6.07 Å². The Balaban J connectivity index is 1.36. The highest BCUT2D eigenvalue weighted by molar-refractivity contribution is 6.33. The van der Waals surface area contributed by atoms with Crippen molar-refractivity contribution in [3.63, 3.8) is 0 Å². The van der Waals surface area contributed by atoms with Gasteiger partial charge in [-0.25, -0.2) is 14.4 Å². The molecule has 10 nitrogen and oxygen atoms in total. The van der Waals surface area contributed by atoms with Crippen molar-refractivity contribution in [2.45, 2.75) is 25.3 Å². The highest BCUT2D eigenvalue weighted by atomic mass is 35.5. The first-order valence-electron chi connectivity index (χ1n) is 13.6. The maximum atomic E-state index is 15.5. The summed E-state index contributed by atoms with van der Waals surface area (Å²) in [6.45, 7) is 3.45. The van der Waals surface area contributed by atoms with Crippen LogP contribution >= 0.6 is 11.6 Å². The van der Waals surface area contributed by atoms with Gasteiger partial charge < -0.3 is 28.9 Å². The number of rotatable bonds is 5.